The highest BCUT2D eigenvalue weighted by Crippen LogP contribution is 2.22. The molecule has 0 unspecified atom stereocenters. The van der Waals surface area contributed by atoms with Gasteiger partial charge in [0.25, 0.3) is 0 Å². The molecule has 2 aromatic carbocycles. The molecule has 34 heavy (non-hydrogen) atoms. The van der Waals surface area contributed by atoms with E-state index in [-0.39, 0.29) is 4.90 Å². The van der Waals surface area contributed by atoms with Crippen molar-refractivity contribution < 1.29 is 12.8 Å². The summed E-state index contributed by atoms with van der Waals surface area (Å²) >= 11 is 0. The predicted molar refractivity (Wildman–Crippen MR) is 132 cm³/mol. The summed E-state index contributed by atoms with van der Waals surface area (Å²) in [7, 11) is 0.400. The van der Waals surface area contributed by atoms with Crippen molar-refractivity contribution in [2.24, 2.45) is 0 Å². The summed E-state index contributed by atoms with van der Waals surface area (Å²) in [6.07, 6.45) is 1.00. The van der Waals surface area contributed by atoms with E-state index in [1.54, 1.807) is 0 Å². The second-order valence-electron chi connectivity index (χ2n) is 8.73. The van der Waals surface area contributed by atoms with Gasteiger partial charge in [-0.15, -0.1) is 0 Å². The molecular formula is C24H31FN6O2S. The van der Waals surface area contributed by atoms with Crippen molar-refractivity contribution >= 4 is 26.7 Å². The smallest absolute Gasteiger partial charge is 0.243 e. The molecule has 0 amide bonds. The minimum atomic E-state index is -3.71. The van der Waals surface area contributed by atoms with E-state index < -0.39 is 15.8 Å². The quantitative estimate of drug-likeness (QED) is 0.466. The van der Waals surface area contributed by atoms with Crippen molar-refractivity contribution in [1.82, 2.24) is 24.1 Å². The minimum absolute atomic E-state index is 0.0104. The van der Waals surface area contributed by atoms with Gasteiger partial charge in [0.1, 0.15) is 17.5 Å². The Morgan fingerprint density at radius 2 is 1.79 bits per heavy atom. The number of piperazine rings is 1. The van der Waals surface area contributed by atoms with Crippen LogP contribution >= 0.6 is 0 Å². The first kappa shape index (κ1) is 24.5. The fraction of sp³-hybridized carbons (Fsp3) is 0.417. The zero-order chi connectivity index (χ0) is 24.1. The molecule has 0 bridgehead atoms. The highest BCUT2D eigenvalue weighted by Gasteiger charge is 2.29. The van der Waals surface area contributed by atoms with Gasteiger partial charge in [0.2, 0.25) is 10.0 Å². The lowest BCUT2D eigenvalue weighted by atomic mass is 10.2. The van der Waals surface area contributed by atoms with Crippen molar-refractivity contribution in [1.29, 1.82) is 0 Å². The molecular weight excluding hydrogens is 455 g/mol. The van der Waals surface area contributed by atoms with Crippen LogP contribution in [0, 0.1) is 5.82 Å². The molecule has 0 atom stereocenters. The summed E-state index contributed by atoms with van der Waals surface area (Å²) in [6.45, 7) is 4.11. The van der Waals surface area contributed by atoms with Crippen LogP contribution in [0.1, 0.15) is 12.2 Å². The maximum Gasteiger partial charge on any atom is 0.243 e. The maximum atomic E-state index is 13.5. The highest BCUT2D eigenvalue weighted by molar-refractivity contribution is 7.89. The number of para-hydroxylation sites is 1. The van der Waals surface area contributed by atoms with E-state index in [0.29, 0.717) is 38.5 Å². The molecule has 2 heterocycles. The Bertz CT molecular complexity index is 1230. The van der Waals surface area contributed by atoms with Gasteiger partial charge in [-0.2, -0.15) is 4.31 Å². The number of aromatic nitrogens is 2. The van der Waals surface area contributed by atoms with Gasteiger partial charge in [-0.1, -0.05) is 18.2 Å². The fourth-order valence-corrected chi connectivity index (χ4v) is 5.49. The standard InChI is InChI=1S/C24H31FN6O2S/c1-29(2)12-6-11-26-24-21-9-3-4-10-22(21)27-23(28-24)18-30-13-15-31(16-14-30)34(32,33)20-8-5-7-19(25)17-20/h3-5,7-10,17H,6,11-16,18H2,1-2H3,(H,26,27,28). The SMILES string of the molecule is CN(C)CCCNc1nc(CN2CCN(S(=O)(=O)c3cccc(F)c3)CC2)nc2ccccc12. The zero-order valence-corrected chi connectivity index (χ0v) is 20.4. The summed E-state index contributed by atoms with van der Waals surface area (Å²) in [6, 6.07) is 13.1. The Balaban J connectivity index is 1.42. The molecule has 1 aliphatic rings. The van der Waals surface area contributed by atoms with E-state index in [4.69, 9.17) is 9.97 Å². The van der Waals surface area contributed by atoms with E-state index >= 15 is 0 Å². The molecule has 8 nitrogen and oxygen atoms in total. The third-order valence-electron chi connectivity index (χ3n) is 5.85. The van der Waals surface area contributed by atoms with Crippen molar-refractivity contribution in [2.75, 3.05) is 58.7 Å². The lowest BCUT2D eigenvalue weighted by molar-refractivity contribution is 0.178. The Morgan fingerprint density at radius 3 is 2.53 bits per heavy atom. The first-order valence-electron chi connectivity index (χ1n) is 11.5. The molecule has 10 heteroatoms. The number of nitrogens with zero attached hydrogens (tertiary/aromatic N) is 5. The Hall–Kier alpha value is -2.66. The predicted octanol–water partition coefficient (Wildman–Crippen LogP) is 2.64. The van der Waals surface area contributed by atoms with E-state index in [1.807, 2.05) is 24.3 Å². The summed E-state index contributed by atoms with van der Waals surface area (Å²) in [5.41, 5.74) is 0.884. The molecule has 3 aromatic rings. The summed E-state index contributed by atoms with van der Waals surface area (Å²) < 4.78 is 40.7. The fourth-order valence-electron chi connectivity index (χ4n) is 4.04. The maximum absolute atomic E-state index is 13.5. The monoisotopic (exact) mass is 486 g/mol. The van der Waals surface area contributed by atoms with Crippen LogP contribution in [0.5, 0.6) is 0 Å². The molecule has 1 fully saturated rings. The average Bonchev–Trinajstić information content (AvgIpc) is 2.82. The van der Waals surface area contributed by atoms with E-state index in [9.17, 15) is 12.8 Å². The third kappa shape index (κ3) is 5.87. The average molecular weight is 487 g/mol. The number of fused-ring (bicyclic) bond motifs is 1. The molecule has 0 aliphatic carbocycles. The number of rotatable bonds is 9. The minimum Gasteiger partial charge on any atom is -0.369 e. The normalized spacial score (nSPS) is 15.8. The van der Waals surface area contributed by atoms with Crippen molar-refractivity contribution in [3.63, 3.8) is 0 Å². The van der Waals surface area contributed by atoms with E-state index in [1.165, 1.54) is 22.5 Å². The van der Waals surface area contributed by atoms with Gasteiger partial charge < -0.3 is 10.2 Å². The van der Waals surface area contributed by atoms with Crippen molar-refractivity contribution in [2.45, 2.75) is 17.9 Å². The van der Waals surface area contributed by atoms with Crippen LogP contribution in [0.3, 0.4) is 0 Å². The van der Waals surface area contributed by atoms with Crippen molar-refractivity contribution in [3.8, 4) is 0 Å². The number of benzene rings is 2. The third-order valence-corrected chi connectivity index (χ3v) is 7.75. The molecule has 1 aliphatic heterocycles. The molecule has 1 aromatic heterocycles. The molecule has 1 N–H and O–H groups in total. The Morgan fingerprint density at radius 1 is 1.03 bits per heavy atom. The highest BCUT2D eigenvalue weighted by atomic mass is 32.2. The second-order valence-corrected chi connectivity index (χ2v) is 10.7. The van der Waals surface area contributed by atoms with Crippen LogP contribution < -0.4 is 5.32 Å². The molecule has 182 valence electrons. The summed E-state index contributed by atoms with van der Waals surface area (Å²) in [4.78, 5) is 13.8. The van der Waals surface area contributed by atoms with Crippen LogP contribution in [0.15, 0.2) is 53.4 Å². The van der Waals surface area contributed by atoms with E-state index in [2.05, 4.69) is 29.2 Å². The van der Waals surface area contributed by atoms with Crippen LogP contribution in [0.4, 0.5) is 10.2 Å². The second kappa shape index (κ2) is 10.7. The lowest BCUT2D eigenvalue weighted by Crippen LogP contribution is -2.48. The van der Waals surface area contributed by atoms with Gasteiger partial charge >= 0.3 is 0 Å². The van der Waals surface area contributed by atoms with Crippen molar-refractivity contribution in [3.05, 3.63) is 60.2 Å². The Labute approximate surface area is 200 Å². The van der Waals surface area contributed by atoms with Gasteiger partial charge in [-0.25, -0.2) is 22.8 Å². The van der Waals surface area contributed by atoms with Crippen LogP contribution in [-0.2, 0) is 16.6 Å². The lowest BCUT2D eigenvalue weighted by Gasteiger charge is -2.33. The van der Waals surface area contributed by atoms with Gasteiger partial charge in [-0.3, -0.25) is 4.90 Å². The number of anilines is 1. The van der Waals surface area contributed by atoms with Gasteiger partial charge in [-0.05, 0) is 57.4 Å². The first-order valence-corrected chi connectivity index (χ1v) is 12.9. The summed E-state index contributed by atoms with van der Waals surface area (Å²) in [5, 5.41) is 4.44. The number of sulfonamides is 1. The van der Waals surface area contributed by atoms with Gasteiger partial charge in [0.15, 0.2) is 0 Å². The zero-order valence-electron chi connectivity index (χ0n) is 19.6. The van der Waals surface area contributed by atoms with Crippen LogP contribution in [0.25, 0.3) is 10.9 Å². The number of hydrogen-bond acceptors (Lipinski definition) is 7. The number of hydrogen-bond donors (Lipinski definition) is 1. The molecule has 0 saturated carbocycles. The molecule has 0 radical (unpaired) electrons. The molecule has 1 saturated heterocycles. The van der Waals surface area contributed by atoms with Crippen LogP contribution in [-0.4, -0.2) is 85.9 Å². The van der Waals surface area contributed by atoms with E-state index in [0.717, 1.165) is 42.3 Å². The van der Waals surface area contributed by atoms with Gasteiger partial charge in [0, 0.05) is 38.1 Å². The number of halogens is 1. The van der Waals surface area contributed by atoms with Gasteiger partial charge in [0.05, 0.1) is 17.0 Å². The number of nitrogens with one attached hydrogen (secondary N) is 1. The molecule has 0 spiro atoms. The molecule has 4 rings (SSSR count). The first-order chi connectivity index (χ1) is 16.3. The Kier molecular flexibility index (Phi) is 7.72. The summed E-state index contributed by atoms with van der Waals surface area (Å²) in [5.74, 6) is 0.973. The largest absolute Gasteiger partial charge is 0.369 e. The van der Waals surface area contributed by atoms with Crippen LogP contribution in [0.2, 0.25) is 0 Å². The topological polar surface area (TPSA) is 81.7 Å².